The maximum Gasteiger partial charge on any atom is 0.253 e. The number of carbonyl (C=O) groups excluding carboxylic acids is 1. The summed E-state index contributed by atoms with van der Waals surface area (Å²) in [5.41, 5.74) is 0.526. The molecule has 26 heavy (non-hydrogen) atoms. The van der Waals surface area contributed by atoms with E-state index in [4.69, 9.17) is 0 Å². The average Bonchev–Trinajstić information content (AvgIpc) is 2.64. The molecule has 1 amide bonds. The van der Waals surface area contributed by atoms with Crippen LogP contribution in [0, 0.1) is 15.2 Å². The van der Waals surface area contributed by atoms with E-state index in [1.54, 1.807) is 17.0 Å². The fourth-order valence-electron chi connectivity index (χ4n) is 2.72. The first-order chi connectivity index (χ1) is 12.3. The zero-order chi connectivity index (χ0) is 18.9. The summed E-state index contributed by atoms with van der Waals surface area (Å²) in [6.07, 6.45) is 0. The second-order valence-corrected chi connectivity index (χ2v) is 8.93. The Morgan fingerprint density at radius 1 is 0.962 bits per heavy atom. The highest BCUT2D eigenvalue weighted by Gasteiger charge is 2.32. The van der Waals surface area contributed by atoms with Crippen LogP contribution in [0.4, 0.5) is 8.78 Å². The fourth-order valence-corrected chi connectivity index (χ4v) is 4.58. The largest absolute Gasteiger partial charge is 0.336 e. The monoisotopic (exact) mass is 492 g/mol. The van der Waals surface area contributed by atoms with Crippen LogP contribution in [0.1, 0.15) is 10.4 Å². The van der Waals surface area contributed by atoms with E-state index in [-0.39, 0.29) is 32.1 Å². The maximum absolute atomic E-state index is 13.8. The minimum atomic E-state index is -4.16. The lowest BCUT2D eigenvalue weighted by molar-refractivity contribution is 0.0697. The van der Waals surface area contributed by atoms with E-state index in [2.05, 4.69) is 22.6 Å². The first kappa shape index (κ1) is 19.2. The van der Waals surface area contributed by atoms with Gasteiger partial charge in [-0.15, -0.1) is 0 Å². The van der Waals surface area contributed by atoms with Crippen LogP contribution >= 0.6 is 22.6 Å². The van der Waals surface area contributed by atoms with Crippen molar-refractivity contribution < 1.29 is 22.0 Å². The van der Waals surface area contributed by atoms with Gasteiger partial charge >= 0.3 is 0 Å². The van der Waals surface area contributed by atoms with Crippen molar-refractivity contribution in [3.05, 3.63) is 63.2 Å². The standard InChI is InChI=1S/C17H15F2IN2O3S/c18-13-3-6-15(19)16(11-13)26(24,25)22-9-7-21(8-10-22)17(23)12-1-4-14(20)5-2-12/h1-6,11H,7-10H2. The van der Waals surface area contributed by atoms with Gasteiger partial charge in [0.2, 0.25) is 10.0 Å². The Morgan fingerprint density at radius 2 is 1.58 bits per heavy atom. The molecule has 0 aromatic heterocycles. The molecule has 0 saturated carbocycles. The van der Waals surface area contributed by atoms with Gasteiger partial charge in [0.1, 0.15) is 16.5 Å². The second-order valence-electron chi connectivity index (χ2n) is 5.78. The summed E-state index contributed by atoms with van der Waals surface area (Å²) in [7, 11) is -4.16. The number of rotatable bonds is 3. The molecular weight excluding hydrogens is 477 g/mol. The molecule has 138 valence electrons. The van der Waals surface area contributed by atoms with Gasteiger partial charge in [-0.3, -0.25) is 4.79 Å². The van der Waals surface area contributed by atoms with Crippen molar-refractivity contribution >= 4 is 38.5 Å². The minimum absolute atomic E-state index is 0.0222. The minimum Gasteiger partial charge on any atom is -0.336 e. The summed E-state index contributed by atoms with van der Waals surface area (Å²) >= 11 is 2.14. The van der Waals surface area contributed by atoms with Crippen molar-refractivity contribution in [3.63, 3.8) is 0 Å². The zero-order valence-electron chi connectivity index (χ0n) is 13.5. The Balaban J connectivity index is 1.72. The van der Waals surface area contributed by atoms with Gasteiger partial charge in [-0.1, -0.05) is 0 Å². The molecule has 0 unspecified atom stereocenters. The van der Waals surface area contributed by atoms with Crippen molar-refractivity contribution in [2.75, 3.05) is 26.2 Å². The van der Waals surface area contributed by atoms with E-state index in [9.17, 15) is 22.0 Å². The van der Waals surface area contributed by atoms with Crippen LogP contribution in [-0.4, -0.2) is 49.7 Å². The van der Waals surface area contributed by atoms with Gasteiger partial charge in [0.05, 0.1) is 0 Å². The van der Waals surface area contributed by atoms with Gasteiger partial charge in [-0.25, -0.2) is 17.2 Å². The van der Waals surface area contributed by atoms with Crippen LogP contribution in [0.3, 0.4) is 0 Å². The number of halogens is 3. The summed E-state index contributed by atoms with van der Waals surface area (Å²) in [6.45, 7) is 0.407. The molecule has 5 nitrogen and oxygen atoms in total. The highest BCUT2D eigenvalue weighted by atomic mass is 127. The smallest absolute Gasteiger partial charge is 0.253 e. The molecule has 2 aromatic carbocycles. The van der Waals surface area contributed by atoms with Crippen molar-refractivity contribution in [3.8, 4) is 0 Å². The number of hydrogen-bond acceptors (Lipinski definition) is 3. The summed E-state index contributed by atoms with van der Waals surface area (Å²) in [4.78, 5) is 13.3. The summed E-state index contributed by atoms with van der Waals surface area (Å²) in [5.74, 6) is -2.00. The van der Waals surface area contributed by atoms with Crippen molar-refractivity contribution in [1.29, 1.82) is 0 Å². The lowest BCUT2D eigenvalue weighted by atomic mass is 10.2. The number of benzene rings is 2. The van der Waals surface area contributed by atoms with E-state index < -0.39 is 26.6 Å². The predicted octanol–water partition coefficient (Wildman–Crippen LogP) is 2.72. The zero-order valence-corrected chi connectivity index (χ0v) is 16.5. The highest BCUT2D eigenvalue weighted by molar-refractivity contribution is 14.1. The molecule has 0 atom stereocenters. The predicted molar refractivity (Wildman–Crippen MR) is 100 cm³/mol. The van der Waals surface area contributed by atoms with Crippen LogP contribution in [-0.2, 0) is 10.0 Å². The van der Waals surface area contributed by atoms with Crippen LogP contribution in [0.25, 0.3) is 0 Å². The normalized spacial score (nSPS) is 15.9. The van der Waals surface area contributed by atoms with Crippen molar-refractivity contribution in [2.45, 2.75) is 4.90 Å². The van der Waals surface area contributed by atoms with Crippen LogP contribution in [0.5, 0.6) is 0 Å². The van der Waals surface area contributed by atoms with E-state index in [0.29, 0.717) is 11.6 Å². The summed E-state index contributed by atoms with van der Waals surface area (Å²) in [6, 6.07) is 9.41. The van der Waals surface area contributed by atoms with E-state index in [1.165, 1.54) is 0 Å². The van der Waals surface area contributed by atoms with Crippen LogP contribution in [0.15, 0.2) is 47.4 Å². The van der Waals surface area contributed by atoms with Crippen molar-refractivity contribution in [1.82, 2.24) is 9.21 Å². The maximum atomic E-state index is 13.8. The lowest BCUT2D eigenvalue weighted by Crippen LogP contribution is -2.50. The molecule has 0 N–H and O–H groups in total. The summed E-state index contributed by atoms with van der Waals surface area (Å²) < 4.78 is 54.4. The molecule has 1 heterocycles. The number of hydrogen-bond donors (Lipinski definition) is 0. The number of nitrogens with zero attached hydrogens (tertiary/aromatic N) is 2. The average molecular weight is 492 g/mol. The summed E-state index contributed by atoms with van der Waals surface area (Å²) in [5, 5.41) is 0. The molecule has 0 bridgehead atoms. The number of piperazine rings is 1. The van der Waals surface area contributed by atoms with E-state index in [0.717, 1.165) is 20.0 Å². The third-order valence-corrected chi connectivity index (χ3v) is 6.76. The third-order valence-electron chi connectivity index (χ3n) is 4.13. The quantitative estimate of drug-likeness (QED) is 0.620. The fraction of sp³-hybridized carbons (Fsp3) is 0.235. The number of sulfonamides is 1. The first-order valence-electron chi connectivity index (χ1n) is 7.79. The van der Waals surface area contributed by atoms with E-state index >= 15 is 0 Å². The molecule has 0 radical (unpaired) electrons. The lowest BCUT2D eigenvalue weighted by Gasteiger charge is -2.34. The SMILES string of the molecule is O=C(c1ccc(I)cc1)N1CCN(S(=O)(=O)c2cc(F)ccc2F)CC1. The molecular formula is C17H15F2IN2O3S. The van der Waals surface area contributed by atoms with Gasteiger partial charge in [0.15, 0.2) is 0 Å². The first-order valence-corrected chi connectivity index (χ1v) is 10.3. The Bertz CT molecular complexity index is 928. The van der Waals surface area contributed by atoms with Gasteiger partial charge in [-0.05, 0) is 65.1 Å². The second kappa shape index (κ2) is 7.57. The van der Waals surface area contributed by atoms with Gasteiger partial charge in [0, 0.05) is 35.3 Å². The Labute approximate surface area is 163 Å². The van der Waals surface area contributed by atoms with Gasteiger partial charge in [0.25, 0.3) is 5.91 Å². The Kier molecular flexibility index (Phi) is 5.58. The highest BCUT2D eigenvalue weighted by Crippen LogP contribution is 2.22. The van der Waals surface area contributed by atoms with Crippen LogP contribution in [0.2, 0.25) is 0 Å². The Hall–Kier alpha value is -1.59. The van der Waals surface area contributed by atoms with E-state index in [1.807, 2.05) is 12.1 Å². The molecule has 1 saturated heterocycles. The number of carbonyl (C=O) groups is 1. The molecule has 3 rings (SSSR count). The van der Waals surface area contributed by atoms with Crippen LogP contribution < -0.4 is 0 Å². The van der Waals surface area contributed by atoms with Gasteiger partial charge in [-0.2, -0.15) is 4.31 Å². The number of amides is 1. The molecule has 0 aliphatic carbocycles. The molecule has 9 heteroatoms. The topological polar surface area (TPSA) is 57.7 Å². The molecule has 0 spiro atoms. The van der Waals surface area contributed by atoms with Crippen molar-refractivity contribution in [2.24, 2.45) is 0 Å². The third kappa shape index (κ3) is 3.89. The molecule has 1 fully saturated rings. The molecule has 1 aliphatic rings. The molecule has 2 aromatic rings. The van der Waals surface area contributed by atoms with Gasteiger partial charge < -0.3 is 4.90 Å². The molecule has 1 aliphatic heterocycles. The Morgan fingerprint density at radius 3 is 2.19 bits per heavy atom.